The maximum atomic E-state index is 2.43. The van der Waals surface area contributed by atoms with E-state index in [2.05, 4.69) is 109 Å². The van der Waals surface area contributed by atoms with Crippen LogP contribution in [-0.2, 0) is 12.8 Å². The van der Waals surface area contributed by atoms with Crippen molar-refractivity contribution in [2.45, 2.75) is 104 Å². The molecule has 0 atom stereocenters. The van der Waals surface area contributed by atoms with E-state index in [-0.39, 0.29) is 0 Å². The van der Waals surface area contributed by atoms with Gasteiger partial charge in [0.25, 0.3) is 0 Å². The molecule has 0 bridgehead atoms. The number of aryl methyl sites for hydroxylation is 2. The van der Waals surface area contributed by atoms with E-state index in [1.807, 2.05) is 11.3 Å². The van der Waals surface area contributed by atoms with E-state index < -0.39 is 0 Å². The van der Waals surface area contributed by atoms with Crippen molar-refractivity contribution in [3.63, 3.8) is 0 Å². The first-order chi connectivity index (χ1) is 20.3. The van der Waals surface area contributed by atoms with Crippen molar-refractivity contribution in [1.82, 2.24) is 0 Å². The van der Waals surface area contributed by atoms with Gasteiger partial charge in [-0.25, -0.2) is 0 Å². The second-order valence-corrected chi connectivity index (χ2v) is 13.3. The van der Waals surface area contributed by atoms with E-state index in [1.54, 1.807) is 11.3 Å². The van der Waals surface area contributed by atoms with Crippen LogP contribution in [-0.4, -0.2) is 0 Å². The van der Waals surface area contributed by atoms with Crippen LogP contribution in [0.5, 0.6) is 0 Å². The highest BCUT2D eigenvalue weighted by molar-refractivity contribution is 7.17. The smallest absolute Gasteiger partial charge is 0.100 e. The molecule has 1 nitrogen and oxygen atoms in total. The van der Waals surface area contributed by atoms with Gasteiger partial charge in [-0.15, -0.1) is 22.7 Å². The molecule has 0 unspecified atom stereocenters. The van der Waals surface area contributed by atoms with Crippen molar-refractivity contribution >= 4 is 51.2 Å². The zero-order chi connectivity index (χ0) is 28.5. The molecule has 218 valence electrons. The molecular formula is C38H49NS2. The maximum Gasteiger partial charge on any atom is 0.100 e. The Kier molecular flexibility index (Phi) is 13.8. The van der Waals surface area contributed by atoms with Crippen LogP contribution in [0.15, 0.2) is 78.2 Å². The van der Waals surface area contributed by atoms with Crippen LogP contribution in [0.4, 0.5) is 16.4 Å². The summed E-state index contributed by atoms with van der Waals surface area (Å²) < 4.78 is 0. The lowest BCUT2D eigenvalue weighted by Crippen LogP contribution is -2.08. The Morgan fingerprint density at radius 1 is 0.537 bits per heavy atom. The van der Waals surface area contributed by atoms with Crippen LogP contribution in [0.2, 0.25) is 0 Å². The third kappa shape index (κ3) is 10.6. The third-order valence-electron chi connectivity index (χ3n) is 7.82. The Morgan fingerprint density at radius 3 is 1.56 bits per heavy atom. The van der Waals surface area contributed by atoms with Crippen LogP contribution in [0, 0.1) is 0 Å². The third-order valence-corrected chi connectivity index (χ3v) is 9.69. The van der Waals surface area contributed by atoms with Crippen LogP contribution >= 0.6 is 22.7 Å². The van der Waals surface area contributed by atoms with E-state index in [0.717, 1.165) is 0 Å². The Morgan fingerprint density at radius 2 is 1.05 bits per heavy atom. The second-order valence-electron chi connectivity index (χ2n) is 11.2. The van der Waals surface area contributed by atoms with Gasteiger partial charge in [-0.05, 0) is 96.8 Å². The van der Waals surface area contributed by atoms with Gasteiger partial charge in [-0.3, -0.25) is 0 Å². The van der Waals surface area contributed by atoms with Crippen molar-refractivity contribution in [3.05, 3.63) is 99.1 Å². The Labute approximate surface area is 258 Å². The van der Waals surface area contributed by atoms with Crippen molar-refractivity contribution in [2.24, 2.45) is 0 Å². The van der Waals surface area contributed by atoms with Gasteiger partial charge in [0.05, 0.1) is 0 Å². The fourth-order valence-corrected chi connectivity index (χ4v) is 6.92. The number of thiophene rings is 2. The van der Waals surface area contributed by atoms with Gasteiger partial charge < -0.3 is 4.90 Å². The molecule has 0 spiro atoms. The average molecular weight is 584 g/mol. The number of benzene rings is 2. The monoisotopic (exact) mass is 583 g/mol. The molecule has 0 saturated heterocycles. The molecule has 3 heteroatoms. The first kappa shape index (κ1) is 31.3. The molecule has 0 aliphatic heterocycles. The first-order valence-electron chi connectivity index (χ1n) is 16.1. The van der Waals surface area contributed by atoms with Crippen molar-refractivity contribution in [2.75, 3.05) is 4.90 Å². The van der Waals surface area contributed by atoms with Gasteiger partial charge in [0.2, 0.25) is 0 Å². The summed E-state index contributed by atoms with van der Waals surface area (Å²) in [5, 5.41) is 3.39. The SMILES string of the molecule is CCCCCCCCc1ccc(N(c2ccc(CCCCCCCC)cc2)c2ccc(/C=C/c3cccs3)s2)cc1. The number of anilines is 3. The summed E-state index contributed by atoms with van der Waals surface area (Å²) in [6, 6.07) is 27.4. The lowest BCUT2D eigenvalue weighted by Gasteiger charge is -2.24. The fourth-order valence-electron chi connectivity index (χ4n) is 5.35. The van der Waals surface area contributed by atoms with Gasteiger partial charge in [0.15, 0.2) is 0 Å². The fraction of sp³-hybridized carbons (Fsp3) is 0.421. The highest BCUT2D eigenvalue weighted by Gasteiger charge is 2.15. The van der Waals surface area contributed by atoms with Crippen LogP contribution in [0.3, 0.4) is 0 Å². The largest absolute Gasteiger partial charge is 0.302 e. The molecule has 0 saturated carbocycles. The van der Waals surface area contributed by atoms with Crippen molar-refractivity contribution in [3.8, 4) is 0 Å². The molecule has 4 aromatic rings. The van der Waals surface area contributed by atoms with Gasteiger partial charge >= 0.3 is 0 Å². The Balaban J connectivity index is 1.45. The number of hydrogen-bond acceptors (Lipinski definition) is 3. The molecule has 0 fully saturated rings. The van der Waals surface area contributed by atoms with Gasteiger partial charge in [0.1, 0.15) is 5.00 Å². The Hall–Kier alpha value is -2.62. The minimum Gasteiger partial charge on any atom is -0.302 e. The normalized spacial score (nSPS) is 11.5. The predicted octanol–water partition coefficient (Wildman–Crippen LogP) is 13.3. The molecule has 0 aliphatic rings. The zero-order valence-electron chi connectivity index (χ0n) is 25.3. The summed E-state index contributed by atoms with van der Waals surface area (Å²) in [4.78, 5) is 4.99. The summed E-state index contributed by atoms with van der Waals surface area (Å²) in [5.74, 6) is 0. The lowest BCUT2D eigenvalue weighted by atomic mass is 10.0. The van der Waals surface area contributed by atoms with E-state index in [0.29, 0.717) is 0 Å². The van der Waals surface area contributed by atoms with E-state index in [9.17, 15) is 0 Å². The summed E-state index contributed by atoms with van der Waals surface area (Å²) in [7, 11) is 0. The van der Waals surface area contributed by atoms with E-state index >= 15 is 0 Å². The highest BCUT2D eigenvalue weighted by atomic mass is 32.1. The Bertz CT molecular complexity index is 1190. The number of hydrogen-bond donors (Lipinski definition) is 0. The van der Waals surface area contributed by atoms with Gasteiger partial charge in [0, 0.05) is 21.1 Å². The summed E-state index contributed by atoms with van der Waals surface area (Å²) in [6.07, 6.45) is 23.0. The molecule has 0 N–H and O–H groups in total. The minimum atomic E-state index is 1.18. The summed E-state index contributed by atoms with van der Waals surface area (Å²) >= 11 is 3.63. The molecule has 4 rings (SSSR count). The molecule has 0 radical (unpaired) electrons. The highest BCUT2D eigenvalue weighted by Crippen LogP contribution is 2.39. The number of nitrogens with zero attached hydrogens (tertiary/aromatic N) is 1. The molecule has 2 aromatic heterocycles. The van der Waals surface area contributed by atoms with Gasteiger partial charge in [-0.1, -0.05) is 108 Å². The minimum absolute atomic E-state index is 1.18. The van der Waals surface area contributed by atoms with E-state index in [1.165, 1.54) is 127 Å². The van der Waals surface area contributed by atoms with Crippen molar-refractivity contribution < 1.29 is 0 Å². The summed E-state index contributed by atoms with van der Waals surface area (Å²) in [6.45, 7) is 4.57. The molecule has 2 aromatic carbocycles. The second kappa shape index (κ2) is 18.0. The summed E-state index contributed by atoms with van der Waals surface area (Å²) in [5.41, 5.74) is 5.36. The molecule has 2 heterocycles. The topological polar surface area (TPSA) is 3.24 Å². The predicted molar refractivity (Wildman–Crippen MR) is 186 cm³/mol. The first-order valence-corrected chi connectivity index (χ1v) is 17.8. The molecular weight excluding hydrogens is 535 g/mol. The maximum absolute atomic E-state index is 2.43. The van der Waals surface area contributed by atoms with E-state index in [4.69, 9.17) is 0 Å². The standard InChI is InChI=1S/C38H49NS2/c1-3-5-7-9-11-13-16-32-19-23-34(24-20-32)39(38-30-29-37(41-38)28-27-36-18-15-31-40-36)35-25-21-33(22-26-35)17-14-12-10-8-6-4-2/h15,18-31H,3-14,16-17H2,1-2H3/b28-27+. The number of rotatable bonds is 19. The molecule has 0 amide bonds. The van der Waals surface area contributed by atoms with Crippen LogP contribution in [0.25, 0.3) is 12.2 Å². The van der Waals surface area contributed by atoms with Crippen LogP contribution in [0.1, 0.15) is 112 Å². The average Bonchev–Trinajstić information content (AvgIpc) is 3.70. The van der Waals surface area contributed by atoms with Crippen molar-refractivity contribution in [1.29, 1.82) is 0 Å². The zero-order valence-corrected chi connectivity index (χ0v) is 27.0. The van der Waals surface area contributed by atoms with Crippen LogP contribution < -0.4 is 4.90 Å². The van der Waals surface area contributed by atoms with Gasteiger partial charge in [-0.2, -0.15) is 0 Å². The molecule has 0 aliphatic carbocycles. The number of unbranched alkanes of at least 4 members (excludes halogenated alkanes) is 10. The molecule has 41 heavy (non-hydrogen) atoms. The quantitative estimate of drug-likeness (QED) is 0.0992. The lowest BCUT2D eigenvalue weighted by molar-refractivity contribution is 0.607.